The highest BCUT2D eigenvalue weighted by Gasteiger charge is 2.23. The lowest BCUT2D eigenvalue weighted by Gasteiger charge is -2.28. The average molecular weight is 510 g/mol. The van der Waals surface area contributed by atoms with E-state index in [1.165, 1.54) is 43.1 Å². The highest BCUT2D eigenvalue weighted by Crippen LogP contribution is 2.48. The number of furan rings is 1. The molecule has 0 fully saturated rings. The fourth-order valence-electron chi connectivity index (χ4n) is 6.62. The molecule has 1 heterocycles. The minimum atomic E-state index is 0.891. The van der Waals surface area contributed by atoms with E-state index in [0.717, 1.165) is 39.0 Å². The van der Waals surface area contributed by atoms with Crippen LogP contribution >= 0.6 is 0 Å². The molecule has 0 radical (unpaired) electrons. The Morgan fingerprint density at radius 3 is 1.82 bits per heavy atom. The van der Waals surface area contributed by atoms with Crippen LogP contribution in [0.4, 0.5) is 17.1 Å². The quantitative estimate of drug-likeness (QED) is 0.220. The van der Waals surface area contributed by atoms with Crippen LogP contribution in [0.2, 0.25) is 0 Å². The van der Waals surface area contributed by atoms with E-state index in [2.05, 4.69) is 138 Å². The molecule has 0 spiro atoms. The van der Waals surface area contributed by atoms with Crippen molar-refractivity contribution in [1.29, 1.82) is 0 Å². The Hall–Kier alpha value is -5.34. The molecule has 40 heavy (non-hydrogen) atoms. The van der Waals surface area contributed by atoms with Gasteiger partial charge in [-0.3, -0.25) is 0 Å². The minimum absolute atomic E-state index is 0.891. The second kappa shape index (κ2) is 8.08. The molecule has 0 amide bonds. The van der Waals surface area contributed by atoms with Crippen LogP contribution in [0.5, 0.6) is 0 Å². The van der Waals surface area contributed by atoms with Crippen molar-refractivity contribution in [2.24, 2.45) is 0 Å². The standard InChI is InChI=1S/C38H23NO/c1-2-12-28-24(8-1)9-6-15-32(28)39(34-16-7-14-30-29-13-3-4-17-35(29)40-38(30)34)33-23-21-27-19-18-25-10-5-11-26-20-22-31(33)37(27)36(25)26/h1-23H. The summed E-state index contributed by atoms with van der Waals surface area (Å²) in [5.74, 6) is 0. The largest absolute Gasteiger partial charge is 0.454 e. The van der Waals surface area contributed by atoms with E-state index < -0.39 is 0 Å². The third kappa shape index (κ3) is 2.93. The SMILES string of the molecule is c1ccc2c(N(c3ccc4ccc5cccc6ccc3c4c56)c3cccc4c3oc3ccccc34)cccc2c1. The monoisotopic (exact) mass is 509 g/mol. The van der Waals surface area contributed by atoms with E-state index in [-0.39, 0.29) is 0 Å². The van der Waals surface area contributed by atoms with E-state index >= 15 is 0 Å². The van der Waals surface area contributed by atoms with Crippen molar-refractivity contribution in [2.75, 3.05) is 4.90 Å². The molecule has 0 saturated heterocycles. The Balaban J connectivity index is 1.45. The zero-order valence-electron chi connectivity index (χ0n) is 21.6. The molecular weight excluding hydrogens is 486 g/mol. The van der Waals surface area contributed by atoms with Gasteiger partial charge in [-0.1, -0.05) is 115 Å². The molecule has 186 valence electrons. The number of rotatable bonds is 3. The maximum absolute atomic E-state index is 6.60. The van der Waals surface area contributed by atoms with Crippen molar-refractivity contribution in [1.82, 2.24) is 0 Å². The summed E-state index contributed by atoms with van der Waals surface area (Å²) >= 11 is 0. The predicted octanol–water partition coefficient (Wildman–Crippen LogP) is 11.1. The minimum Gasteiger partial charge on any atom is -0.454 e. The van der Waals surface area contributed by atoms with Crippen molar-refractivity contribution < 1.29 is 4.42 Å². The summed E-state index contributed by atoms with van der Waals surface area (Å²) < 4.78 is 6.60. The Labute approximate surface area is 230 Å². The van der Waals surface area contributed by atoms with E-state index in [1.54, 1.807) is 0 Å². The molecule has 0 bridgehead atoms. The molecular formula is C38H23NO. The maximum atomic E-state index is 6.60. The zero-order valence-corrected chi connectivity index (χ0v) is 21.6. The first-order chi connectivity index (χ1) is 19.8. The lowest BCUT2D eigenvalue weighted by atomic mass is 9.93. The van der Waals surface area contributed by atoms with Crippen LogP contribution in [0.3, 0.4) is 0 Å². The molecule has 0 N–H and O–H groups in total. The topological polar surface area (TPSA) is 16.4 Å². The lowest BCUT2D eigenvalue weighted by Crippen LogP contribution is -2.11. The van der Waals surface area contributed by atoms with E-state index in [1.807, 2.05) is 6.07 Å². The summed E-state index contributed by atoms with van der Waals surface area (Å²) in [4.78, 5) is 2.40. The van der Waals surface area contributed by atoms with Gasteiger partial charge in [0.1, 0.15) is 5.58 Å². The van der Waals surface area contributed by atoms with Crippen LogP contribution in [0.25, 0.3) is 65.0 Å². The molecule has 0 unspecified atom stereocenters. The summed E-state index contributed by atoms with van der Waals surface area (Å²) in [6.45, 7) is 0. The Morgan fingerprint density at radius 1 is 0.350 bits per heavy atom. The number of fused-ring (bicyclic) bond motifs is 4. The highest BCUT2D eigenvalue weighted by atomic mass is 16.3. The van der Waals surface area contributed by atoms with Crippen LogP contribution in [0.15, 0.2) is 144 Å². The number of benzene rings is 8. The van der Waals surface area contributed by atoms with Gasteiger partial charge in [0, 0.05) is 21.5 Å². The first-order valence-corrected chi connectivity index (χ1v) is 13.7. The summed E-state index contributed by atoms with van der Waals surface area (Å²) in [5.41, 5.74) is 5.08. The van der Waals surface area contributed by atoms with Gasteiger partial charge < -0.3 is 9.32 Å². The summed E-state index contributed by atoms with van der Waals surface area (Å²) in [6.07, 6.45) is 0. The Morgan fingerprint density at radius 2 is 0.925 bits per heavy atom. The summed E-state index contributed by atoms with van der Waals surface area (Å²) in [6, 6.07) is 50.1. The van der Waals surface area contributed by atoms with Gasteiger partial charge in [0.15, 0.2) is 5.58 Å². The normalized spacial score (nSPS) is 12.0. The lowest BCUT2D eigenvalue weighted by molar-refractivity contribution is 0.669. The fraction of sp³-hybridized carbons (Fsp3) is 0. The molecule has 9 rings (SSSR count). The zero-order chi connectivity index (χ0) is 26.2. The highest BCUT2D eigenvalue weighted by molar-refractivity contribution is 6.26. The van der Waals surface area contributed by atoms with Crippen molar-refractivity contribution in [3.05, 3.63) is 140 Å². The van der Waals surface area contributed by atoms with Crippen molar-refractivity contribution in [3.8, 4) is 0 Å². The molecule has 0 aliphatic carbocycles. The van der Waals surface area contributed by atoms with Crippen molar-refractivity contribution in [2.45, 2.75) is 0 Å². The molecule has 8 aromatic carbocycles. The van der Waals surface area contributed by atoms with Gasteiger partial charge >= 0.3 is 0 Å². The van der Waals surface area contributed by atoms with Crippen molar-refractivity contribution >= 4 is 82.1 Å². The molecule has 2 heteroatoms. The van der Waals surface area contributed by atoms with Gasteiger partial charge in [-0.15, -0.1) is 0 Å². The predicted molar refractivity (Wildman–Crippen MR) is 170 cm³/mol. The van der Waals surface area contributed by atoms with Crippen LogP contribution in [0.1, 0.15) is 0 Å². The van der Waals surface area contributed by atoms with Gasteiger partial charge in [0.2, 0.25) is 0 Å². The number of para-hydroxylation sites is 2. The third-order valence-electron chi connectivity index (χ3n) is 8.38. The van der Waals surface area contributed by atoms with Crippen LogP contribution < -0.4 is 4.90 Å². The molecule has 0 aliphatic rings. The second-order valence-electron chi connectivity index (χ2n) is 10.5. The fourth-order valence-corrected chi connectivity index (χ4v) is 6.62. The first kappa shape index (κ1) is 21.6. The van der Waals surface area contributed by atoms with Crippen LogP contribution in [-0.4, -0.2) is 0 Å². The molecule has 0 saturated carbocycles. The molecule has 0 atom stereocenters. The average Bonchev–Trinajstić information content (AvgIpc) is 3.40. The summed E-state index contributed by atoms with van der Waals surface area (Å²) in [7, 11) is 0. The third-order valence-corrected chi connectivity index (χ3v) is 8.38. The van der Waals surface area contributed by atoms with Gasteiger partial charge in [0.25, 0.3) is 0 Å². The van der Waals surface area contributed by atoms with E-state index in [4.69, 9.17) is 4.42 Å². The maximum Gasteiger partial charge on any atom is 0.159 e. The van der Waals surface area contributed by atoms with Gasteiger partial charge in [-0.25, -0.2) is 0 Å². The van der Waals surface area contributed by atoms with Gasteiger partial charge in [0.05, 0.1) is 17.1 Å². The Bertz CT molecular complexity index is 2380. The van der Waals surface area contributed by atoms with E-state index in [0.29, 0.717) is 0 Å². The van der Waals surface area contributed by atoms with Gasteiger partial charge in [-0.05, 0) is 56.6 Å². The van der Waals surface area contributed by atoms with Crippen LogP contribution in [-0.2, 0) is 0 Å². The van der Waals surface area contributed by atoms with Gasteiger partial charge in [-0.2, -0.15) is 0 Å². The molecule has 9 aromatic rings. The number of nitrogens with zero attached hydrogens (tertiary/aromatic N) is 1. The number of anilines is 3. The molecule has 2 nitrogen and oxygen atoms in total. The smallest absolute Gasteiger partial charge is 0.159 e. The number of hydrogen-bond acceptors (Lipinski definition) is 2. The second-order valence-corrected chi connectivity index (χ2v) is 10.5. The molecule has 0 aliphatic heterocycles. The number of hydrogen-bond donors (Lipinski definition) is 0. The van der Waals surface area contributed by atoms with Crippen LogP contribution in [0, 0.1) is 0 Å². The van der Waals surface area contributed by atoms with E-state index in [9.17, 15) is 0 Å². The first-order valence-electron chi connectivity index (χ1n) is 13.7. The Kier molecular flexibility index (Phi) is 4.36. The summed E-state index contributed by atoms with van der Waals surface area (Å²) in [5, 5.41) is 12.3. The molecule has 1 aromatic heterocycles. The van der Waals surface area contributed by atoms with Crippen molar-refractivity contribution in [3.63, 3.8) is 0 Å².